The number of nitrogens with two attached hydrogens (primary N) is 1. The lowest BCUT2D eigenvalue weighted by molar-refractivity contribution is 0.414. The maximum atomic E-state index is 5.87. The summed E-state index contributed by atoms with van der Waals surface area (Å²) >= 11 is 0. The molecule has 2 aliphatic rings. The molecule has 4 atom stereocenters. The standard InChI is InChI=1S/C13H17NO/c1-15-9-4-2-8(3-5-9)10-6-11(10)12-7-13(12)14/h2-5,10-13H,6-7,14H2,1H3. The normalized spacial score (nSPS) is 37.5. The van der Waals surface area contributed by atoms with Crippen LogP contribution in [0.3, 0.4) is 0 Å². The molecule has 0 heterocycles. The van der Waals surface area contributed by atoms with Crippen molar-refractivity contribution in [3.8, 4) is 5.75 Å². The van der Waals surface area contributed by atoms with Crippen molar-refractivity contribution in [3.63, 3.8) is 0 Å². The van der Waals surface area contributed by atoms with E-state index in [0.717, 1.165) is 23.5 Å². The van der Waals surface area contributed by atoms with Gasteiger partial charge in [-0.2, -0.15) is 0 Å². The molecule has 0 spiro atoms. The molecule has 2 aliphatic carbocycles. The van der Waals surface area contributed by atoms with Crippen molar-refractivity contribution in [2.45, 2.75) is 24.8 Å². The highest BCUT2D eigenvalue weighted by atomic mass is 16.5. The van der Waals surface area contributed by atoms with Crippen LogP contribution in [0, 0.1) is 11.8 Å². The molecule has 2 nitrogen and oxygen atoms in total. The number of ether oxygens (including phenoxy) is 1. The Morgan fingerprint density at radius 2 is 1.80 bits per heavy atom. The average Bonchev–Trinajstić information content (AvgIpc) is 3.13. The summed E-state index contributed by atoms with van der Waals surface area (Å²) in [6, 6.07) is 8.99. The van der Waals surface area contributed by atoms with Crippen molar-refractivity contribution in [2.75, 3.05) is 7.11 Å². The molecule has 80 valence electrons. The maximum Gasteiger partial charge on any atom is 0.118 e. The molecule has 2 heteroatoms. The third-order valence-electron chi connectivity index (χ3n) is 3.82. The van der Waals surface area contributed by atoms with Crippen LogP contribution in [0.5, 0.6) is 5.75 Å². The van der Waals surface area contributed by atoms with Gasteiger partial charge in [0.25, 0.3) is 0 Å². The Morgan fingerprint density at radius 3 is 2.33 bits per heavy atom. The van der Waals surface area contributed by atoms with Crippen molar-refractivity contribution in [2.24, 2.45) is 17.6 Å². The molecule has 1 aromatic rings. The predicted molar refractivity (Wildman–Crippen MR) is 59.9 cm³/mol. The van der Waals surface area contributed by atoms with Crippen molar-refractivity contribution in [1.82, 2.24) is 0 Å². The van der Waals surface area contributed by atoms with Crippen LogP contribution in [-0.2, 0) is 0 Å². The lowest BCUT2D eigenvalue weighted by Gasteiger charge is -2.02. The number of benzene rings is 1. The van der Waals surface area contributed by atoms with Gasteiger partial charge >= 0.3 is 0 Å². The average molecular weight is 203 g/mol. The molecule has 0 amide bonds. The zero-order valence-corrected chi connectivity index (χ0v) is 9.02. The number of methoxy groups -OCH3 is 1. The van der Waals surface area contributed by atoms with Crippen LogP contribution in [0.2, 0.25) is 0 Å². The van der Waals surface area contributed by atoms with Gasteiger partial charge in [-0.3, -0.25) is 0 Å². The Balaban J connectivity index is 1.68. The van der Waals surface area contributed by atoms with Gasteiger partial charge < -0.3 is 10.5 Å². The first-order valence-corrected chi connectivity index (χ1v) is 5.69. The summed E-state index contributed by atoms with van der Waals surface area (Å²) in [6.07, 6.45) is 2.59. The van der Waals surface area contributed by atoms with E-state index < -0.39 is 0 Å². The summed E-state index contributed by atoms with van der Waals surface area (Å²) in [5, 5.41) is 0. The zero-order chi connectivity index (χ0) is 10.4. The fraction of sp³-hybridized carbons (Fsp3) is 0.538. The van der Waals surface area contributed by atoms with Crippen LogP contribution < -0.4 is 10.5 Å². The maximum absolute atomic E-state index is 5.87. The van der Waals surface area contributed by atoms with E-state index >= 15 is 0 Å². The van der Waals surface area contributed by atoms with Crippen molar-refractivity contribution in [1.29, 1.82) is 0 Å². The summed E-state index contributed by atoms with van der Waals surface area (Å²) in [5.74, 6) is 3.40. The van der Waals surface area contributed by atoms with Gasteiger partial charge in [0.15, 0.2) is 0 Å². The van der Waals surface area contributed by atoms with Gasteiger partial charge in [-0.15, -0.1) is 0 Å². The Hall–Kier alpha value is -1.02. The minimum atomic E-state index is 0.498. The van der Waals surface area contributed by atoms with E-state index in [1.807, 2.05) is 0 Å². The topological polar surface area (TPSA) is 35.2 Å². The molecule has 0 saturated heterocycles. The molecule has 0 aliphatic heterocycles. The van der Waals surface area contributed by atoms with Gasteiger partial charge in [-0.1, -0.05) is 12.1 Å². The Bertz CT molecular complexity index is 359. The fourth-order valence-electron chi connectivity index (χ4n) is 2.65. The molecular formula is C13H17NO. The van der Waals surface area contributed by atoms with Crippen molar-refractivity contribution >= 4 is 0 Å². The van der Waals surface area contributed by atoms with E-state index in [4.69, 9.17) is 10.5 Å². The van der Waals surface area contributed by atoms with Gasteiger partial charge in [-0.05, 0) is 48.3 Å². The second-order valence-electron chi connectivity index (χ2n) is 4.84. The zero-order valence-electron chi connectivity index (χ0n) is 9.02. The highest BCUT2D eigenvalue weighted by molar-refractivity contribution is 5.33. The predicted octanol–water partition coefficient (Wildman–Crippen LogP) is 2.15. The molecular weight excluding hydrogens is 186 g/mol. The van der Waals surface area contributed by atoms with Crippen molar-refractivity contribution < 1.29 is 4.74 Å². The van der Waals surface area contributed by atoms with Gasteiger partial charge in [0.05, 0.1) is 7.11 Å². The quantitative estimate of drug-likeness (QED) is 0.817. The molecule has 4 unspecified atom stereocenters. The molecule has 2 saturated carbocycles. The van der Waals surface area contributed by atoms with Crippen LogP contribution in [-0.4, -0.2) is 13.2 Å². The summed E-state index contributed by atoms with van der Waals surface area (Å²) in [7, 11) is 1.71. The molecule has 0 aromatic heterocycles. The highest BCUT2D eigenvalue weighted by Gasteiger charge is 2.52. The third-order valence-corrected chi connectivity index (χ3v) is 3.82. The SMILES string of the molecule is COc1ccc(C2CC2C2CC2N)cc1. The lowest BCUT2D eigenvalue weighted by Crippen LogP contribution is -2.03. The van der Waals surface area contributed by atoms with Crippen LogP contribution >= 0.6 is 0 Å². The molecule has 2 N–H and O–H groups in total. The van der Waals surface area contributed by atoms with E-state index in [9.17, 15) is 0 Å². The van der Waals surface area contributed by atoms with Gasteiger partial charge in [0.1, 0.15) is 5.75 Å². The van der Waals surface area contributed by atoms with Gasteiger partial charge in [0, 0.05) is 6.04 Å². The minimum Gasteiger partial charge on any atom is -0.497 e. The first-order valence-electron chi connectivity index (χ1n) is 5.69. The third kappa shape index (κ3) is 1.63. The molecule has 0 radical (unpaired) electrons. The Kier molecular flexibility index (Phi) is 1.99. The summed E-state index contributed by atoms with van der Waals surface area (Å²) in [5.41, 5.74) is 7.33. The van der Waals surface area contributed by atoms with E-state index in [1.165, 1.54) is 18.4 Å². The van der Waals surface area contributed by atoms with E-state index in [-0.39, 0.29) is 0 Å². The number of hydrogen-bond donors (Lipinski definition) is 1. The lowest BCUT2D eigenvalue weighted by atomic mass is 10.1. The second-order valence-corrected chi connectivity index (χ2v) is 4.84. The molecule has 1 aromatic carbocycles. The molecule has 0 bridgehead atoms. The number of hydrogen-bond acceptors (Lipinski definition) is 2. The van der Waals surface area contributed by atoms with Crippen LogP contribution in [0.1, 0.15) is 24.3 Å². The first kappa shape index (κ1) is 9.22. The van der Waals surface area contributed by atoms with E-state index in [1.54, 1.807) is 7.11 Å². The summed E-state index contributed by atoms with van der Waals surface area (Å²) in [4.78, 5) is 0. The second kappa shape index (κ2) is 3.24. The largest absolute Gasteiger partial charge is 0.497 e. The Labute approximate surface area is 90.4 Å². The van der Waals surface area contributed by atoms with Crippen LogP contribution in [0.25, 0.3) is 0 Å². The first-order chi connectivity index (χ1) is 7.29. The number of rotatable bonds is 3. The summed E-state index contributed by atoms with van der Waals surface area (Å²) in [6.45, 7) is 0. The van der Waals surface area contributed by atoms with E-state index in [2.05, 4.69) is 24.3 Å². The molecule has 3 rings (SSSR count). The Morgan fingerprint density at radius 1 is 1.13 bits per heavy atom. The minimum absolute atomic E-state index is 0.498. The fourth-order valence-corrected chi connectivity index (χ4v) is 2.65. The summed E-state index contributed by atoms with van der Waals surface area (Å²) < 4.78 is 5.15. The van der Waals surface area contributed by atoms with Crippen molar-refractivity contribution in [3.05, 3.63) is 29.8 Å². The van der Waals surface area contributed by atoms with Gasteiger partial charge in [0.2, 0.25) is 0 Å². The monoisotopic (exact) mass is 203 g/mol. The van der Waals surface area contributed by atoms with Crippen LogP contribution in [0.4, 0.5) is 0 Å². The van der Waals surface area contributed by atoms with Crippen LogP contribution in [0.15, 0.2) is 24.3 Å². The highest BCUT2D eigenvalue weighted by Crippen LogP contribution is 2.58. The van der Waals surface area contributed by atoms with Gasteiger partial charge in [-0.25, -0.2) is 0 Å². The smallest absolute Gasteiger partial charge is 0.118 e. The molecule has 2 fully saturated rings. The van der Waals surface area contributed by atoms with E-state index in [0.29, 0.717) is 6.04 Å². The molecule has 15 heavy (non-hydrogen) atoms.